The minimum atomic E-state index is -1.88. The first kappa shape index (κ1) is 102. The Labute approximate surface area is 754 Å². The average molecular weight is 1830 g/mol. The first-order chi connectivity index (χ1) is 62.0. The Morgan fingerprint density at radius 1 is 0.485 bits per heavy atom. The molecule has 5 heterocycles. The summed E-state index contributed by atoms with van der Waals surface area (Å²) in [5.41, 5.74) is 19.3. The number of primary amides is 2. The predicted molar refractivity (Wildman–Crippen MR) is 475 cm³/mol. The number of thioether (sulfide) groups is 1. The van der Waals surface area contributed by atoms with Crippen molar-refractivity contribution in [1.82, 2.24) is 93.0 Å². The fraction of sp³-hybridized carbons (Fsp3) is 0.535. The predicted octanol–water partition coefficient (Wildman–Crippen LogP) is -4.54. The van der Waals surface area contributed by atoms with Gasteiger partial charge in [-0.3, -0.25) is 86.9 Å². The van der Waals surface area contributed by atoms with Gasteiger partial charge >= 0.3 is 0 Å². The van der Waals surface area contributed by atoms with Crippen molar-refractivity contribution in [2.45, 2.75) is 215 Å². The van der Waals surface area contributed by atoms with Crippen LogP contribution in [0.3, 0.4) is 0 Å². The van der Waals surface area contributed by atoms with Crippen molar-refractivity contribution in [2.75, 3.05) is 78.6 Å². The summed E-state index contributed by atoms with van der Waals surface area (Å²) in [5, 5.41) is 79.8. The molecule has 8 rings (SSSR count). The molecular formula is C86H122N22O21S. The highest BCUT2D eigenvalue weighted by atomic mass is 32.2. The molecule has 3 aliphatic heterocycles. The van der Waals surface area contributed by atoms with Crippen LogP contribution in [0, 0.1) is 5.41 Å². The highest BCUT2D eigenvalue weighted by Gasteiger charge is 2.45. The van der Waals surface area contributed by atoms with Crippen LogP contribution in [-0.4, -0.2) is 325 Å². The Balaban J connectivity index is 1.17. The number of carbonyl (C=O) groups excluding carboxylic acids is 17. The van der Waals surface area contributed by atoms with E-state index < -0.39 is 242 Å². The van der Waals surface area contributed by atoms with Crippen molar-refractivity contribution in [3.63, 3.8) is 0 Å². The Kier molecular flexibility index (Phi) is 39.0. The van der Waals surface area contributed by atoms with E-state index in [1.54, 1.807) is 60.9 Å². The summed E-state index contributed by atoms with van der Waals surface area (Å²) >= 11 is 0.753. The number of aromatic amines is 2. The van der Waals surface area contributed by atoms with Gasteiger partial charge in [-0.25, -0.2) is 0 Å². The Morgan fingerprint density at radius 2 is 0.962 bits per heavy atom. The van der Waals surface area contributed by atoms with Gasteiger partial charge in [0.05, 0.1) is 31.9 Å². The van der Waals surface area contributed by atoms with E-state index >= 15 is 24.0 Å². The van der Waals surface area contributed by atoms with Crippen LogP contribution in [0.5, 0.6) is 5.75 Å². The maximum Gasteiger partial charge on any atom is 0.248 e. The van der Waals surface area contributed by atoms with Gasteiger partial charge in [0.15, 0.2) is 5.96 Å². The van der Waals surface area contributed by atoms with E-state index in [1.807, 2.05) is 13.8 Å². The van der Waals surface area contributed by atoms with Crippen LogP contribution in [0.2, 0.25) is 0 Å². The number of aromatic hydroxyl groups is 1. The van der Waals surface area contributed by atoms with E-state index in [-0.39, 0.29) is 96.0 Å². The Morgan fingerprint density at radius 3 is 1.52 bits per heavy atom. The average Bonchev–Trinajstić information content (AvgIpc) is 1.62. The highest BCUT2D eigenvalue weighted by molar-refractivity contribution is 8.00. The van der Waals surface area contributed by atoms with E-state index in [9.17, 15) is 78.0 Å². The van der Waals surface area contributed by atoms with Crippen molar-refractivity contribution in [3.05, 3.63) is 102 Å². The molecule has 0 radical (unpaired) electrons. The van der Waals surface area contributed by atoms with E-state index in [2.05, 4.69) is 68.5 Å². The fourth-order valence-corrected chi connectivity index (χ4v) is 16.7. The molecule has 3 aromatic carbocycles. The number of nitrogens with zero attached hydrogens (tertiary/aromatic N) is 5. The standard InChI is InChI=1S/C86H122N22O21S/c1-7-9-23-65-78(122)96-56(22-15-32-91-86(89)90)74(118)103-64(73(117)94-42-70(88)114)45-130-46-71(115)95-59(36-48-27-29-51(112)30-28-48)81(125)104(4)47(3)72(116)99-61(39-69(87)113)83(127)107-33-16-25-66(107)79(123)97-57(31-35-109)75(119)102-63(44-111)84(128)108-34-17-26-67(108)80(124)98-58(37-49-40-92-54-20-13-11-18-52(49)54)76(120)101-62(43-110)77(121)100-60(38-50-41-93-55-21-14-12-19-53(50)55)82(126)106(6)68(24-10-8-2)85(129)105(65)5/h11-14,18-21,27-30,40-41,47,56-68,92-93,109-112H,7-10,15-17,22-26,31-39,42-46H2,1-6H3,(H2,87,113)(H2,88,114)(H,94,117)(H,95,115)(H,96,122)(H,97,123)(H,98,124)(H,99,116)(H,100,121)(H,101,120)(H,102,119)(H,103,118)(H4,89,90,91)/t47-,56-,57-,58-,59-,60-,61-,62-,63-,64?,65-,66-,67-,68-/m0/s1. The fourth-order valence-electron chi connectivity index (χ4n) is 15.9. The van der Waals surface area contributed by atoms with Gasteiger partial charge in [-0.05, 0) is 106 Å². The number of fused-ring (bicyclic) bond motifs is 4. The van der Waals surface area contributed by atoms with Crippen molar-refractivity contribution >= 4 is 140 Å². The van der Waals surface area contributed by atoms with Gasteiger partial charge in [0.1, 0.15) is 90.3 Å². The third-order valence-electron chi connectivity index (χ3n) is 23.2. The molecule has 0 spiro atoms. The molecule has 3 aliphatic rings. The van der Waals surface area contributed by atoms with Crippen molar-refractivity contribution in [3.8, 4) is 5.75 Å². The zero-order valence-electron chi connectivity index (χ0n) is 73.7. The van der Waals surface area contributed by atoms with Crippen LogP contribution in [0.4, 0.5) is 0 Å². The normalized spacial score (nSPS) is 24.6. The quantitative estimate of drug-likeness (QED) is 0.0149. The second-order valence-electron chi connectivity index (χ2n) is 32.6. The smallest absolute Gasteiger partial charge is 0.248 e. The highest BCUT2D eigenvalue weighted by Crippen LogP contribution is 2.27. The largest absolute Gasteiger partial charge is 0.508 e. The molecule has 24 N–H and O–H groups in total. The number of unbranched alkanes of at least 4 members (excludes halogenated alkanes) is 2. The molecule has 3 fully saturated rings. The topological polar surface area (TPSA) is 653 Å². The lowest BCUT2D eigenvalue weighted by atomic mass is 10.00. The van der Waals surface area contributed by atoms with Crippen LogP contribution in [0.15, 0.2) is 85.2 Å². The number of phenolic OH excluding ortho intramolecular Hbond substituents is 1. The number of phenols is 1. The summed E-state index contributed by atoms with van der Waals surface area (Å²) in [7, 11) is 3.87. The first-order valence-corrected chi connectivity index (χ1v) is 44.5. The Bertz CT molecular complexity index is 4880. The van der Waals surface area contributed by atoms with Crippen LogP contribution in [0.25, 0.3) is 21.8 Å². The number of para-hydroxylation sites is 2. The van der Waals surface area contributed by atoms with Gasteiger partial charge in [-0.15, -0.1) is 11.8 Å². The number of carbonyl (C=O) groups is 17. The number of hydrogen-bond acceptors (Lipinski definition) is 23. The third kappa shape index (κ3) is 28.3. The van der Waals surface area contributed by atoms with E-state index in [1.165, 1.54) is 52.3 Å². The van der Waals surface area contributed by atoms with Crippen LogP contribution in [-0.2, 0) is 101 Å². The number of aromatic nitrogens is 2. The SMILES string of the molecule is CCCC[C@H]1C(=O)N(C)[C@@H](CCCC)C(=O)N[C@@H](CCCNC(=N)N)C(=O)NC(C(=O)NCC(N)=O)CSCC(=O)N[C@@H](Cc2ccc(O)cc2)C(=O)N(C)[C@@H](C)C(=O)N[C@@H](CC(N)=O)C(=O)N2CCC[C@H]2C(=O)N[C@@H](CCO)C(=O)N[C@@H](CO)C(=O)N2CCC[C@H]2C(=O)N[C@@H](Cc2c[nH]c3ccccc23)C(=O)N[C@@H](CO)C(=O)N[C@@H](Cc2c[nH]c3ccccc23)C(=O)N1C. The minimum Gasteiger partial charge on any atom is -0.508 e. The minimum absolute atomic E-state index is 0.0105. The molecule has 2 aromatic heterocycles. The van der Waals surface area contributed by atoms with Gasteiger partial charge < -0.3 is 131 Å². The number of H-pyrrole nitrogens is 2. The molecule has 708 valence electrons. The van der Waals surface area contributed by atoms with E-state index in [4.69, 9.17) is 22.6 Å². The van der Waals surface area contributed by atoms with Crippen LogP contribution in [0.1, 0.15) is 127 Å². The molecule has 44 heteroatoms. The zero-order chi connectivity index (χ0) is 95.2. The first-order valence-electron chi connectivity index (χ1n) is 43.4. The lowest BCUT2D eigenvalue weighted by Gasteiger charge is -2.36. The molecule has 3 saturated heterocycles. The molecule has 130 heavy (non-hydrogen) atoms. The number of aliphatic hydroxyl groups excluding tert-OH is 3. The number of aliphatic hydroxyl groups is 3. The summed E-state index contributed by atoms with van der Waals surface area (Å²) in [6.45, 7) is 0.975. The summed E-state index contributed by atoms with van der Waals surface area (Å²) in [5.74, 6) is -18.1. The molecular weight excluding hydrogens is 1710 g/mol. The number of guanidine groups is 1. The second kappa shape index (κ2) is 49.5. The number of nitrogens with one attached hydrogen (secondary N) is 14. The molecule has 0 bridgehead atoms. The summed E-state index contributed by atoms with van der Waals surface area (Å²) in [6, 6.07) is -2.61. The number of amides is 17. The molecule has 14 atom stereocenters. The lowest BCUT2D eigenvalue weighted by molar-refractivity contribution is -0.149. The van der Waals surface area contributed by atoms with Gasteiger partial charge in [0.25, 0.3) is 0 Å². The second-order valence-corrected chi connectivity index (χ2v) is 33.6. The van der Waals surface area contributed by atoms with Crippen LogP contribution >= 0.6 is 11.8 Å². The molecule has 43 nitrogen and oxygen atoms in total. The number of benzene rings is 3. The van der Waals surface area contributed by atoms with Crippen LogP contribution < -0.4 is 75.7 Å². The number of likely N-dealkylation sites (N-methyl/N-ethyl adjacent to an activating group) is 3. The Hall–Kier alpha value is -13.0. The van der Waals surface area contributed by atoms with Crippen molar-refractivity contribution < 1.29 is 102 Å². The van der Waals surface area contributed by atoms with Gasteiger partial charge in [0.2, 0.25) is 100 Å². The van der Waals surface area contributed by atoms with Gasteiger partial charge in [-0.1, -0.05) is 88.1 Å². The van der Waals surface area contributed by atoms with E-state index in [0.29, 0.717) is 64.2 Å². The summed E-state index contributed by atoms with van der Waals surface area (Å²) in [4.78, 5) is 259. The third-order valence-corrected chi connectivity index (χ3v) is 24.2. The maximum absolute atomic E-state index is 15.7. The number of nitrogens with two attached hydrogens (primary N) is 3. The molecule has 5 aromatic rings. The molecule has 0 aliphatic carbocycles. The van der Waals surface area contributed by atoms with Gasteiger partial charge in [0, 0.05) is 107 Å². The van der Waals surface area contributed by atoms with Crippen molar-refractivity contribution in [2.24, 2.45) is 17.2 Å². The van der Waals surface area contributed by atoms with E-state index in [0.717, 1.165) is 36.3 Å². The van der Waals surface area contributed by atoms with Gasteiger partial charge in [-0.2, -0.15) is 0 Å². The molecule has 1 unspecified atom stereocenters. The molecule has 0 saturated carbocycles. The molecule has 17 amide bonds. The van der Waals surface area contributed by atoms with Crippen molar-refractivity contribution in [1.29, 1.82) is 5.41 Å². The maximum atomic E-state index is 15.7. The lowest BCUT2D eigenvalue weighted by Crippen LogP contribution is -2.62. The number of hydrogen-bond donors (Lipinski definition) is 21. The zero-order valence-corrected chi connectivity index (χ0v) is 74.5. The summed E-state index contributed by atoms with van der Waals surface area (Å²) < 4.78 is 0. The summed E-state index contributed by atoms with van der Waals surface area (Å²) in [6.07, 6.45) is 2.70. The monoisotopic (exact) mass is 1830 g/mol. The number of rotatable bonds is 25.